The van der Waals surface area contributed by atoms with Crippen LogP contribution < -0.4 is 9.46 Å². The fourth-order valence-electron chi connectivity index (χ4n) is 4.17. The molecule has 3 aromatic rings. The van der Waals surface area contributed by atoms with Gasteiger partial charge in [0.1, 0.15) is 18.4 Å². The third-order valence-electron chi connectivity index (χ3n) is 6.30. The van der Waals surface area contributed by atoms with Crippen LogP contribution in [-0.4, -0.2) is 44.9 Å². The van der Waals surface area contributed by atoms with E-state index in [4.69, 9.17) is 21.1 Å². The van der Waals surface area contributed by atoms with Crippen LogP contribution in [0.4, 0.5) is 0 Å². The van der Waals surface area contributed by atoms with Crippen LogP contribution in [0.2, 0.25) is 5.02 Å². The topological polar surface area (TPSA) is 102 Å². The molecule has 1 amide bonds. The predicted molar refractivity (Wildman–Crippen MR) is 143 cm³/mol. The molecule has 1 saturated heterocycles. The first-order valence-corrected chi connectivity index (χ1v) is 13.9. The molecule has 1 aliphatic rings. The highest BCUT2D eigenvalue weighted by Crippen LogP contribution is 2.26. The molecule has 1 heterocycles. The lowest BCUT2D eigenvalue weighted by atomic mass is 10.1. The van der Waals surface area contributed by atoms with Crippen molar-refractivity contribution in [2.45, 2.75) is 43.9 Å². The molecule has 0 bridgehead atoms. The smallest absolute Gasteiger partial charge is 0.309 e. The molecular weight excluding hydrogens is 528 g/mol. The minimum Gasteiger partial charge on any atom is -0.489 e. The van der Waals surface area contributed by atoms with Gasteiger partial charge in [0.25, 0.3) is 0 Å². The first-order chi connectivity index (χ1) is 18.1. The van der Waals surface area contributed by atoms with E-state index in [1.807, 2.05) is 25.1 Å². The van der Waals surface area contributed by atoms with E-state index in [1.54, 1.807) is 41.3 Å². The van der Waals surface area contributed by atoms with Crippen LogP contribution in [0.1, 0.15) is 28.7 Å². The number of esters is 1. The highest BCUT2D eigenvalue weighted by Gasteiger charge is 2.35. The Balaban J connectivity index is 1.50. The number of rotatable bonds is 10. The highest BCUT2D eigenvalue weighted by molar-refractivity contribution is 7.89. The van der Waals surface area contributed by atoms with E-state index >= 15 is 0 Å². The van der Waals surface area contributed by atoms with Gasteiger partial charge in [0, 0.05) is 23.7 Å². The van der Waals surface area contributed by atoms with Gasteiger partial charge in [-0.2, -0.15) is 4.72 Å². The van der Waals surface area contributed by atoms with E-state index in [-0.39, 0.29) is 36.3 Å². The molecule has 1 aliphatic heterocycles. The van der Waals surface area contributed by atoms with Crippen LogP contribution in [0.3, 0.4) is 0 Å². The van der Waals surface area contributed by atoms with Gasteiger partial charge in [-0.15, -0.1) is 0 Å². The molecule has 38 heavy (non-hydrogen) atoms. The molecule has 0 aromatic heterocycles. The Bertz CT molecular complexity index is 1410. The summed E-state index contributed by atoms with van der Waals surface area (Å²) in [6, 6.07) is 18.2. The third-order valence-corrected chi connectivity index (χ3v) is 8.04. The average molecular weight is 557 g/mol. The zero-order chi connectivity index (χ0) is 27.3. The van der Waals surface area contributed by atoms with E-state index in [2.05, 4.69) is 4.72 Å². The summed E-state index contributed by atoms with van der Waals surface area (Å²) in [5.74, 6) is -0.138. The van der Waals surface area contributed by atoms with E-state index in [0.717, 1.165) is 11.1 Å². The summed E-state index contributed by atoms with van der Waals surface area (Å²) in [5, 5.41) is 0.627. The molecule has 0 radical (unpaired) electrons. The van der Waals surface area contributed by atoms with Crippen molar-refractivity contribution in [2.24, 2.45) is 0 Å². The lowest BCUT2D eigenvalue weighted by molar-refractivity contribution is -0.139. The number of hydrogen-bond donors (Lipinski definition) is 1. The van der Waals surface area contributed by atoms with Crippen LogP contribution in [0, 0.1) is 6.92 Å². The van der Waals surface area contributed by atoms with Crippen molar-refractivity contribution in [1.82, 2.24) is 9.62 Å². The Morgan fingerprint density at radius 3 is 2.42 bits per heavy atom. The van der Waals surface area contributed by atoms with Gasteiger partial charge in [-0.3, -0.25) is 9.59 Å². The first-order valence-electron chi connectivity index (χ1n) is 12.1. The fraction of sp³-hybridized carbons (Fsp3) is 0.286. The van der Waals surface area contributed by atoms with Crippen LogP contribution >= 0.6 is 11.6 Å². The number of benzene rings is 3. The van der Waals surface area contributed by atoms with E-state index in [1.165, 1.54) is 19.2 Å². The maximum Gasteiger partial charge on any atom is 0.309 e. The van der Waals surface area contributed by atoms with Crippen molar-refractivity contribution in [3.8, 4) is 5.75 Å². The predicted octanol–water partition coefficient (Wildman–Crippen LogP) is 4.02. The van der Waals surface area contributed by atoms with Crippen molar-refractivity contribution in [2.75, 3.05) is 13.7 Å². The Labute approximate surface area is 227 Å². The third kappa shape index (κ3) is 6.92. The Morgan fingerprint density at radius 1 is 1.05 bits per heavy atom. The molecule has 200 valence electrons. The summed E-state index contributed by atoms with van der Waals surface area (Å²) in [4.78, 5) is 26.7. The van der Waals surface area contributed by atoms with Crippen molar-refractivity contribution in [3.63, 3.8) is 0 Å². The number of amides is 1. The van der Waals surface area contributed by atoms with Crippen LogP contribution in [0.5, 0.6) is 5.75 Å². The van der Waals surface area contributed by atoms with E-state index in [0.29, 0.717) is 34.9 Å². The maximum atomic E-state index is 13.2. The van der Waals surface area contributed by atoms with Gasteiger partial charge in [-0.05, 0) is 60.9 Å². The Morgan fingerprint density at radius 2 is 1.74 bits per heavy atom. The molecule has 1 N–H and O–H groups in total. The summed E-state index contributed by atoms with van der Waals surface area (Å²) in [6.07, 6.45) is 0.417. The lowest BCUT2D eigenvalue weighted by Crippen LogP contribution is -2.41. The number of ether oxygens (including phenoxy) is 2. The summed E-state index contributed by atoms with van der Waals surface area (Å²) in [5.41, 5.74) is 3.28. The molecule has 1 atom stereocenters. The second-order valence-electron chi connectivity index (χ2n) is 9.15. The molecule has 4 rings (SSSR count). The fourth-order valence-corrected chi connectivity index (χ4v) is 5.52. The van der Waals surface area contributed by atoms with E-state index in [9.17, 15) is 18.0 Å². The molecule has 0 spiro atoms. The molecule has 1 unspecified atom stereocenters. The number of methoxy groups -OCH3 is 1. The number of carbonyl (C=O) groups excluding carboxylic acids is 2. The summed E-state index contributed by atoms with van der Waals surface area (Å²) >= 11 is 5.97. The molecule has 0 aliphatic carbocycles. The van der Waals surface area contributed by atoms with Crippen LogP contribution in [-0.2, 0) is 43.9 Å². The van der Waals surface area contributed by atoms with Crippen LogP contribution in [0.25, 0.3) is 0 Å². The number of carbonyl (C=O) groups is 2. The van der Waals surface area contributed by atoms with Crippen molar-refractivity contribution in [1.29, 1.82) is 0 Å². The molecule has 0 saturated carbocycles. The summed E-state index contributed by atoms with van der Waals surface area (Å²) in [6.45, 7) is 2.73. The number of halogens is 1. The van der Waals surface area contributed by atoms with Crippen molar-refractivity contribution in [3.05, 3.63) is 94.0 Å². The average Bonchev–Trinajstić information content (AvgIpc) is 3.22. The molecule has 10 heteroatoms. The normalized spacial score (nSPS) is 15.5. The second-order valence-corrected chi connectivity index (χ2v) is 11.3. The van der Waals surface area contributed by atoms with Crippen molar-refractivity contribution >= 4 is 33.5 Å². The molecule has 8 nitrogen and oxygen atoms in total. The van der Waals surface area contributed by atoms with Crippen LogP contribution in [0.15, 0.2) is 71.6 Å². The van der Waals surface area contributed by atoms with Gasteiger partial charge >= 0.3 is 5.97 Å². The van der Waals surface area contributed by atoms with Gasteiger partial charge in [0.05, 0.1) is 18.4 Å². The SMILES string of the molecule is COC(=O)Cc1ccc(OCc2ccc(Cl)cc2)c(CN2CCC(NS(=O)(=O)c3ccc(C)cc3)C2=O)c1. The van der Waals surface area contributed by atoms with Crippen molar-refractivity contribution < 1.29 is 27.5 Å². The number of nitrogens with zero attached hydrogens (tertiary/aromatic N) is 1. The van der Waals surface area contributed by atoms with Gasteiger partial charge in [-0.1, -0.05) is 47.5 Å². The first kappa shape index (κ1) is 27.6. The molecule has 3 aromatic carbocycles. The summed E-state index contributed by atoms with van der Waals surface area (Å²) < 4.78 is 39.0. The minimum atomic E-state index is -3.85. The van der Waals surface area contributed by atoms with Gasteiger partial charge in [0.15, 0.2) is 0 Å². The second kappa shape index (κ2) is 12.0. The number of hydrogen-bond acceptors (Lipinski definition) is 6. The number of likely N-dealkylation sites (tertiary alicyclic amines) is 1. The standard InChI is InChI=1S/C28H29ClN2O6S/c1-19-3-10-24(11-4-19)38(34,35)30-25-13-14-31(28(25)33)17-22-15-21(16-27(32)36-2)7-12-26(22)37-18-20-5-8-23(29)9-6-20/h3-12,15,25,30H,13-14,16-18H2,1-2H3. The van der Waals surface area contributed by atoms with Gasteiger partial charge in [-0.25, -0.2) is 8.42 Å². The largest absolute Gasteiger partial charge is 0.489 e. The molecular formula is C28H29ClN2O6S. The zero-order valence-electron chi connectivity index (χ0n) is 21.1. The minimum absolute atomic E-state index is 0.0773. The lowest BCUT2D eigenvalue weighted by Gasteiger charge is -2.20. The van der Waals surface area contributed by atoms with Gasteiger partial charge < -0.3 is 14.4 Å². The van der Waals surface area contributed by atoms with Gasteiger partial charge in [0.2, 0.25) is 15.9 Å². The Kier molecular flexibility index (Phi) is 8.71. The number of sulfonamides is 1. The zero-order valence-corrected chi connectivity index (χ0v) is 22.7. The maximum absolute atomic E-state index is 13.2. The van der Waals surface area contributed by atoms with E-state index < -0.39 is 16.1 Å². The number of nitrogens with one attached hydrogen (secondary N) is 1. The quantitative estimate of drug-likeness (QED) is 0.378. The monoisotopic (exact) mass is 556 g/mol. The Hall–Kier alpha value is -3.40. The highest BCUT2D eigenvalue weighted by atomic mass is 35.5. The molecule has 1 fully saturated rings. The number of aryl methyl sites for hydroxylation is 1. The summed E-state index contributed by atoms with van der Waals surface area (Å²) in [7, 11) is -2.52.